The molecule has 6 rings (SSSR count). The third-order valence-corrected chi connectivity index (χ3v) is 5.54. The van der Waals surface area contributed by atoms with Crippen molar-refractivity contribution in [3.63, 3.8) is 0 Å². The fraction of sp³-hybridized carbons (Fsp3) is 0.0800. The summed E-state index contributed by atoms with van der Waals surface area (Å²) < 4.78 is 8.53. The minimum absolute atomic E-state index is 0.169. The molecule has 2 aromatic carbocycles. The van der Waals surface area contributed by atoms with Gasteiger partial charge in [0, 0.05) is 6.54 Å². The molecule has 0 aliphatic carbocycles. The molecule has 0 aliphatic rings. The quantitative estimate of drug-likeness (QED) is 0.382. The molecule has 160 valence electrons. The van der Waals surface area contributed by atoms with E-state index in [0.717, 1.165) is 12.0 Å². The summed E-state index contributed by atoms with van der Waals surface area (Å²) >= 11 is 0. The highest BCUT2D eigenvalue weighted by Crippen LogP contribution is 2.24. The third kappa shape index (κ3) is 3.38. The normalized spacial score (nSPS) is 11.9. The maximum absolute atomic E-state index is 13.5. The molecule has 0 atom stereocenters. The number of aryl methyl sites for hydroxylation is 2. The van der Waals surface area contributed by atoms with E-state index in [1.165, 1.54) is 0 Å². The summed E-state index contributed by atoms with van der Waals surface area (Å²) in [6, 6.07) is 21.2. The van der Waals surface area contributed by atoms with E-state index in [4.69, 9.17) is 14.4 Å². The molecule has 4 aromatic heterocycles. The molecule has 33 heavy (non-hydrogen) atoms. The van der Waals surface area contributed by atoms with Gasteiger partial charge < -0.3 is 4.42 Å². The molecule has 8 nitrogen and oxygen atoms in total. The second-order valence-electron chi connectivity index (χ2n) is 7.63. The van der Waals surface area contributed by atoms with Crippen LogP contribution in [0, 0.1) is 0 Å². The summed E-state index contributed by atoms with van der Waals surface area (Å²) in [5.74, 6) is 0.579. The molecule has 0 radical (unpaired) electrons. The monoisotopic (exact) mass is 434 g/mol. The zero-order valence-electron chi connectivity index (χ0n) is 17.5. The van der Waals surface area contributed by atoms with Crippen molar-refractivity contribution in [2.75, 3.05) is 0 Å². The predicted molar refractivity (Wildman–Crippen MR) is 126 cm³/mol. The van der Waals surface area contributed by atoms with E-state index in [1.807, 2.05) is 54.6 Å². The minimum Gasteiger partial charge on any atom is -0.463 e. The molecule has 6 aromatic rings. The largest absolute Gasteiger partial charge is 0.463 e. The van der Waals surface area contributed by atoms with Crippen molar-refractivity contribution in [2.45, 2.75) is 13.0 Å². The lowest BCUT2D eigenvalue weighted by atomic mass is 10.1. The highest BCUT2D eigenvalue weighted by atomic mass is 16.3. The van der Waals surface area contributed by atoms with Crippen molar-refractivity contribution >= 4 is 39.4 Å². The van der Waals surface area contributed by atoms with E-state index in [2.05, 4.69) is 10.1 Å². The van der Waals surface area contributed by atoms with Crippen LogP contribution in [0.25, 0.3) is 33.2 Å². The first-order valence-corrected chi connectivity index (χ1v) is 10.6. The number of hydrogen-bond acceptors (Lipinski definition) is 6. The molecule has 0 fully saturated rings. The van der Waals surface area contributed by atoms with Crippen LogP contribution in [0.15, 0.2) is 93.6 Å². The first kappa shape index (κ1) is 19.1. The van der Waals surface area contributed by atoms with Gasteiger partial charge in [-0.3, -0.25) is 9.36 Å². The van der Waals surface area contributed by atoms with Crippen molar-refractivity contribution in [2.24, 2.45) is 5.10 Å². The van der Waals surface area contributed by atoms with Crippen molar-refractivity contribution in [1.82, 2.24) is 24.2 Å². The number of furan rings is 1. The molecule has 0 spiro atoms. The summed E-state index contributed by atoms with van der Waals surface area (Å²) in [7, 11) is 0. The van der Waals surface area contributed by atoms with Gasteiger partial charge in [0.2, 0.25) is 0 Å². The van der Waals surface area contributed by atoms with Crippen LogP contribution >= 0.6 is 0 Å². The maximum Gasteiger partial charge on any atom is 0.265 e. The van der Waals surface area contributed by atoms with Gasteiger partial charge in [-0.2, -0.15) is 9.78 Å². The lowest BCUT2D eigenvalue weighted by Gasteiger charge is -2.05. The Hall–Kier alpha value is -4.59. The van der Waals surface area contributed by atoms with Crippen LogP contribution in [-0.4, -0.2) is 30.4 Å². The molecule has 0 amide bonds. The van der Waals surface area contributed by atoms with Crippen molar-refractivity contribution < 1.29 is 4.42 Å². The Morgan fingerprint density at radius 1 is 0.909 bits per heavy atom. The summed E-state index contributed by atoms with van der Waals surface area (Å²) in [6.45, 7) is 0.509. The van der Waals surface area contributed by atoms with Crippen molar-refractivity contribution in [3.05, 3.63) is 101 Å². The number of hydrogen-bond donors (Lipinski definition) is 0. The minimum atomic E-state index is -0.169. The molecule has 0 saturated carbocycles. The van der Waals surface area contributed by atoms with Crippen molar-refractivity contribution in [1.29, 1.82) is 0 Å². The number of aromatic nitrogens is 5. The maximum atomic E-state index is 13.5. The van der Waals surface area contributed by atoms with E-state index in [9.17, 15) is 4.79 Å². The lowest BCUT2D eigenvalue weighted by Crippen LogP contribution is -2.21. The van der Waals surface area contributed by atoms with Crippen LogP contribution in [-0.2, 0) is 13.0 Å². The highest BCUT2D eigenvalue weighted by molar-refractivity contribution is 6.04. The first-order valence-electron chi connectivity index (χ1n) is 10.6. The van der Waals surface area contributed by atoms with Gasteiger partial charge >= 0.3 is 0 Å². The van der Waals surface area contributed by atoms with Gasteiger partial charge in [-0.25, -0.2) is 15.0 Å². The van der Waals surface area contributed by atoms with Crippen LogP contribution in [0.1, 0.15) is 11.3 Å². The summed E-state index contributed by atoms with van der Waals surface area (Å²) in [5.41, 5.74) is 3.76. The Morgan fingerprint density at radius 2 is 1.70 bits per heavy atom. The molecule has 0 aliphatic heterocycles. The van der Waals surface area contributed by atoms with Gasteiger partial charge in [0.05, 0.1) is 29.8 Å². The van der Waals surface area contributed by atoms with Crippen LogP contribution in [0.5, 0.6) is 0 Å². The molecule has 0 saturated heterocycles. The second kappa shape index (κ2) is 7.83. The molecular weight excluding hydrogens is 416 g/mol. The summed E-state index contributed by atoms with van der Waals surface area (Å²) in [6.07, 6.45) is 5.42. The topological polar surface area (TPSA) is 91.1 Å². The summed E-state index contributed by atoms with van der Waals surface area (Å²) in [5, 5.41) is 4.92. The molecule has 0 bridgehead atoms. The van der Waals surface area contributed by atoms with Gasteiger partial charge in [-0.1, -0.05) is 42.5 Å². The second-order valence-corrected chi connectivity index (χ2v) is 7.63. The van der Waals surface area contributed by atoms with Crippen LogP contribution in [0.3, 0.4) is 0 Å². The smallest absolute Gasteiger partial charge is 0.265 e. The Kier molecular flexibility index (Phi) is 4.54. The number of rotatable bonds is 5. The van der Waals surface area contributed by atoms with Crippen LogP contribution < -0.4 is 5.56 Å². The lowest BCUT2D eigenvalue weighted by molar-refractivity contribution is 0.559. The molecule has 0 N–H and O–H groups in total. The number of fused-ring (bicyclic) bond motifs is 4. The van der Waals surface area contributed by atoms with E-state index < -0.39 is 0 Å². The Morgan fingerprint density at radius 3 is 2.48 bits per heavy atom. The highest BCUT2D eigenvalue weighted by Gasteiger charge is 2.19. The molecule has 0 unspecified atom stereocenters. The van der Waals surface area contributed by atoms with Crippen LogP contribution in [0.2, 0.25) is 0 Å². The van der Waals surface area contributed by atoms with Gasteiger partial charge in [0.25, 0.3) is 5.56 Å². The van der Waals surface area contributed by atoms with E-state index in [1.54, 1.807) is 40.2 Å². The van der Waals surface area contributed by atoms with Gasteiger partial charge in [-0.15, -0.1) is 0 Å². The SMILES string of the molecule is O=c1c2c3nc4ccccc4nc3n(/N=C/c3ccco3)c2ncn1CCc1ccccc1. The Bertz CT molecular complexity index is 1680. The fourth-order valence-electron chi connectivity index (χ4n) is 3.90. The number of benzene rings is 2. The Labute approximate surface area is 187 Å². The van der Waals surface area contributed by atoms with Crippen LogP contribution in [0.4, 0.5) is 0 Å². The average Bonchev–Trinajstić information content (AvgIpc) is 3.48. The van der Waals surface area contributed by atoms with Gasteiger partial charge in [0.1, 0.15) is 16.7 Å². The molecular formula is C25H18N6O2. The fourth-order valence-corrected chi connectivity index (χ4v) is 3.90. The first-order chi connectivity index (χ1) is 16.3. The van der Waals surface area contributed by atoms with Gasteiger partial charge in [-0.05, 0) is 36.2 Å². The van der Waals surface area contributed by atoms with E-state index in [-0.39, 0.29) is 5.56 Å². The van der Waals surface area contributed by atoms with E-state index >= 15 is 0 Å². The Balaban J connectivity index is 1.55. The van der Waals surface area contributed by atoms with Gasteiger partial charge in [0.15, 0.2) is 11.3 Å². The number of para-hydroxylation sites is 2. The number of nitrogens with zero attached hydrogens (tertiary/aromatic N) is 6. The zero-order chi connectivity index (χ0) is 22.2. The average molecular weight is 434 g/mol. The predicted octanol–water partition coefficient (Wildman–Crippen LogP) is 4.01. The molecule has 4 heterocycles. The van der Waals surface area contributed by atoms with E-state index in [0.29, 0.717) is 45.5 Å². The van der Waals surface area contributed by atoms with Crippen molar-refractivity contribution in [3.8, 4) is 0 Å². The third-order valence-electron chi connectivity index (χ3n) is 5.54. The zero-order valence-corrected chi connectivity index (χ0v) is 17.5. The standard InChI is InChI=1S/C25H18N6O2/c32-25-21-22-24(29-20-11-5-4-10-19(20)28-22)31(27-15-18-9-6-14-33-18)23(21)26-16-30(25)13-12-17-7-2-1-3-8-17/h1-11,14-16H,12-13H2/b27-15+. The summed E-state index contributed by atoms with van der Waals surface area (Å²) in [4.78, 5) is 27.6. The molecule has 8 heteroatoms.